The normalized spacial score (nSPS) is 20.3. The molecule has 3 unspecified atom stereocenters. The van der Waals surface area contributed by atoms with Gasteiger partial charge in [-0.2, -0.15) is 8.62 Å². The van der Waals surface area contributed by atoms with E-state index in [0.717, 1.165) is 23.8 Å². The minimum Gasteiger partial charge on any atom is -0.362 e. The maximum absolute atomic E-state index is 13.9. The minimum atomic E-state index is -5.85. The molecule has 0 aromatic carbocycles. The van der Waals surface area contributed by atoms with Crippen molar-refractivity contribution in [1.29, 1.82) is 0 Å². The van der Waals surface area contributed by atoms with E-state index >= 15 is 0 Å². The highest BCUT2D eigenvalue weighted by atomic mass is 35.5. The highest BCUT2D eigenvalue weighted by Gasteiger charge is 2.46. The molecule has 0 spiro atoms. The molecule has 1 heterocycles. The average Bonchev–Trinajstić information content (AvgIpc) is 2.54. The van der Waals surface area contributed by atoms with E-state index in [9.17, 15) is 37.7 Å². The quantitative estimate of drug-likeness (QED) is 0.148. The number of ether oxygens (including phenoxy) is 1. The summed E-state index contributed by atoms with van der Waals surface area (Å²) in [6.45, 7) is -0.311. The van der Waals surface area contributed by atoms with Gasteiger partial charge in [-0.25, -0.2) is 22.9 Å². The summed E-state index contributed by atoms with van der Waals surface area (Å²) in [5.74, 6) is -0.983. The summed E-state index contributed by atoms with van der Waals surface area (Å²) < 4.78 is 64.7. The van der Waals surface area contributed by atoms with Crippen LogP contribution >= 0.6 is 35.1 Å². The molecule has 1 rings (SSSR count). The largest absolute Gasteiger partial charge is 0.490 e. The number of hydrogen-bond donors (Lipinski definition) is 6. The van der Waals surface area contributed by atoms with Gasteiger partial charge in [0.15, 0.2) is 5.60 Å². The second kappa shape index (κ2) is 10.4. The lowest BCUT2D eigenvalue weighted by Gasteiger charge is -2.35. The molecule has 0 aliphatic carbocycles. The molecule has 0 radical (unpaired) electrons. The first-order chi connectivity index (χ1) is 13.9. The zero-order chi connectivity index (χ0) is 24.3. The van der Waals surface area contributed by atoms with Crippen molar-refractivity contribution in [2.24, 2.45) is 0 Å². The van der Waals surface area contributed by atoms with Gasteiger partial charge in [-0.1, -0.05) is 0 Å². The summed E-state index contributed by atoms with van der Waals surface area (Å²) in [5.41, 5.74) is -4.46. The van der Waals surface area contributed by atoms with Gasteiger partial charge in [0.1, 0.15) is 6.23 Å². The van der Waals surface area contributed by atoms with Crippen LogP contribution in [0.25, 0.3) is 0 Å². The zero-order valence-corrected chi connectivity index (χ0v) is 18.6. The van der Waals surface area contributed by atoms with Crippen molar-refractivity contribution in [2.75, 3.05) is 12.5 Å². The van der Waals surface area contributed by atoms with E-state index < -0.39 is 65.4 Å². The Morgan fingerprint density at radius 1 is 1.19 bits per heavy atom. The van der Waals surface area contributed by atoms with E-state index in [1.807, 2.05) is 4.98 Å². The molecular formula is C10H17ClFN2O14P3. The Morgan fingerprint density at radius 2 is 1.77 bits per heavy atom. The minimum absolute atomic E-state index is 0.718. The molecule has 0 amide bonds. The Labute approximate surface area is 176 Å². The number of H-pyrrole nitrogens is 1. The van der Waals surface area contributed by atoms with Crippen LogP contribution in [0, 0.1) is 0 Å². The van der Waals surface area contributed by atoms with E-state index in [2.05, 4.69) is 13.1 Å². The van der Waals surface area contributed by atoms with E-state index in [-0.39, 0.29) is 0 Å². The van der Waals surface area contributed by atoms with Crippen molar-refractivity contribution in [1.82, 2.24) is 9.55 Å². The number of hydrogen-bond acceptors (Lipinski definition) is 10. The standard InChI is InChI=1S/C10H17ClFN2O14P3/c1-6(14-3-2-7(15)13-9(14)17)26-10(4-11,8(12)16)5-25-30(21,22)28-31(23,24)27-29(18,19)20/h2-3,6,8,16H,4-5H2,1H3,(H,21,22)(H,23,24)(H,13,15,17)(H2,18,19,20)/t6-,8-,10?/m1/s1. The van der Waals surface area contributed by atoms with E-state index in [4.69, 9.17) is 31.0 Å². The van der Waals surface area contributed by atoms with Crippen LogP contribution in [-0.4, -0.2) is 58.7 Å². The van der Waals surface area contributed by atoms with Gasteiger partial charge in [0.05, 0.1) is 12.5 Å². The lowest BCUT2D eigenvalue weighted by atomic mass is 10.1. The van der Waals surface area contributed by atoms with Crippen molar-refractivity contribution in [3.63, 3.8) is 0 Å². The molecule has 0 fully saturated rings. The third-order valence-electron chi connectivity index (χ3n) is 3.20. The van der Waals surface area contributed by atoms with Crippen molar-refractivity contribution >= 4 is 35.1 Å². The topological polar surface area (TPSA) is 244 Å². The van der Waals surface area contributed by atoms with Crippen LogP contribution in [0.5, 0.6) is 0 Å². The van der Waals surface area contributed by atoms with Gasteiger partial charge in [-0.3, -0.25) is 18.9 Å². The van der Waals surface area contributed by atoms with Crippen LogP contribution in [0.1, 0.15) is 13.2 Å². The van der Waals surface area contributed by atoms with Crippen LogP contribution in [0.4, 0.5) is 4.39 Å². The second-order valence-electron chi connectivity index (χ2n) is 5.63. The fourth-order valence-electron chi connectivity index (χ4n) is 1.90. The Bertz CT molecular complexity index is 1020. The van der Waals surface area contributed by atoms with Crippen LogP contribution in [0.3, 0.4) is 0 Å². The fourth-order valence-corrected chi connectivity index (χ4v) is 5.24. The first-order valence-corrected chi connectivity index (χ1v) is 12.6. The summed E-state index contributed by atoms with van der Waals surface area (Å²) in [6, 6.07) is 0.904. The lowest BCUT2D eigenvalue weighted by molar-refractivity contribution is -0.213. The average molecular weight is 537 g/mol. The molecule has 0 bridgehead atoms. The Kier molecular flexibility index (Phi) is 9.52. The predicted octanol–water partition coefficient (Wildman–Crippen LogP) is -0.320. The number of phosphoric acid groups is 3. The maximum Gasteiger partial charge on any atom is 0.490 e. The summed E-state index contributed by atoms with van der Waals surface area (Å²) in [4.78, 5) is 60.2. The van der Waals surface area contributed by atoms with Gasteiger partial charge in [0.2, 0.25) is 6.36 Å². The third-order valence-corrected chi connectivity index (χ3v) is 7.43. The first kappa shape index (κ1) is 28.3. The van der Waals surface area contributed by atoms with Gasteiger partial charge < -0.3 is 29.4 Å². The first-order valence-electron chi connectivity index (χ1n) is 7.58. The Hall–Kier alpha value is -0.770. The molecular weight excluding hydrogens is 519 g/mol. The van der Waals surface area contributed by atoms with Gasteiger partial charge >= 0.3 is 29.2 Å². The molecule has 5 atom stereocenters. The number of aliphatic hydroxyl groups is 1. The number of aromatic nitrogens is 2. The predicted molar refractivity (Wildman–Crippen MR) is 97.5 cm³/mol. The van der Waals surface area contributed by atoms with Gasteiger partial charge in [-0.05, 0) is 6.92 Å². The van der Waals surface area contributed by atoms with E-state index in [1.165, 1.54) is 0 Å². The second-order valence-corrected chi connectivity index (χ2v) is 10.3. The molecule has 16 nitrogen and oxygen atoms in total. The number of aromatic amines is 1. The summed E-state index contributed by atoms with van der Waals surface area (Å²) in [6.07, 6.45) is -3.55. The van der Waals surface area contributed by atoms with Crippen LogP contribution < -0.4 is 11.2 Å². The summed E-state index contributed by atoms with van der Waals surface area (Å²) in [7, 11) is -17.2. The molecule has 180 valence electrons. The van der Waals surface area contributed by atoms with Crippen molar-refractivity contribution in [3.05, 3.63) is 33.1 Å². The molecule has 1 aromatic heterocycles. The molecule has 0 aliphatic rings. The summed E-state index contributed by atoms with van der Waals surface area (Å²) in [5, 5.41) is 9.41. The van der Waals surface area contributed by atoms with Crippen molar-refractivity contribution in [3.8, 4) is 0 Å². The highest BCUT2D eigenvalue weighted by molar-refractivity contribution is 7.66. The number of nitrogens with one attached hydrogen (secondary N) is 1. The zero-order valence-electron chi connectivity index (χ0n) is 15.2. The van der Waals surface area contributed by atoms with Gasteiger partial charge in [-0.15, -0.1) is 11.6 Å². The number of alkyl halides is 2. The van der Waals surface area contributed by atoms with E-state index in [1.54, 1.807) is 0 Å². The fraction of sp³-hybridized carbons (Fsp3) is 0.600. The van der Waals surface area contributed by atoms with Gasteiger partial charge in [0.25, 0.3) is 5.56 Å². The number of phosphoric ester groups is 1. The van der Waals surface area contributed by atoms with Crippen LogP contribution in [0.2, 0.25) is 0 Å². The SMILES string of the molecule is C[C@@H](OC(CCl)(COP(=O)(O)OP(=O)(O)OP(=O)(O)O)[C@@H](O)F)n1ccc(=O)[nH]c1=O. The lowest BCUT2D eigenvalue weighted by Crippen LogP contribution is -2.50. The number of aliphatic hydroxyl groups excluding tert-OH is 1. The molecule has 31 heavy (non-hydrogen) atoms. The third kappa shape index (κ3) is 8.94. The molecule has 1 aromatic rings. The monoisotopic (exact) mass is 536 g/mol. The van der Waals surface area contributed by atoms with Crippen LogP contribution in [0.15, 0.2) is 21.9 Å². The molecule has 0 saturated carbocycles. The van der Waals surface area contributed by atoms with Gasteiger partial charge in [0, 0.05) is 12.3 Å². The van der Waals surface area contributed by atoms with Crippen molar-refractivity contribution < 1.29 is 60.6 Å². The molecule has 21 heteroatoms. The number of rotatable bonds is 12. The Morgan fingerprint density at radius 3 is 2.23 bits per heavy atom. The smallest absolute Gasteiger partial charge is 0.362 e. The molecule has 0 saturated heterocycles. The van der Waals surface area contributed by atoms with Crippen LogP contribution in [-0.2, 0) is 31.6 Å². The van der Waals surface area contributed by atoms with Crippen molar-refractivity contribution in [2.45, 2.75) is 25.1 Å². The summed E-state index contributed by atoms with van der Waals surface area (Å²) >= 11 is 5.57. The number of halogens is 2. The van der Waals surface area contributed by atoms with E-state index in [0.29, 0.717) is 0 Å². The number of nitrogens with zero attached hydrogens (tertiary/aromatic N) is 1. The molecule has 6 N–H and O–H groups in total. The molecule has 0 aliphatic heterocycles. The maximum atomic E-state index is 13.9. The Balaban J connectivity index is 3.05. The highest BCUT2D eigenvalue weighted by Crippen LogP contribution is 2.66.